The van der Waals surface area contributed by atoms with Crippen molar-refractivity contribution < 1.29 is 19.1 Å². The maximum absolute atomic E-state index is 12.0. The topological polar surface area (TPSA) is 76.7 Å². The van der Waals surface area contributed by atoms with E-state index in [-0.39, 0.29) is 27.4 Å². The number of benzene rings is 2. The molecule has 0 aliphatic rings. The van der Waals surface area contributed by atoms with Crippen molar-refractivity contribution in [2.45, 2.75) is 6.92 Å². The van der Waals surface area contributed by atoms with E-state index in [1.54, 1.807) is 24.3 Å². The lowest BCUT2D eigenvalue weighted by molar-refractivity contribution is -0.123. The van der Waals surface area contributed by atoms with Gasteiger partial charge < -0.3 is 9.47 Å². The Morgan fingerprint density at radius 3 is 2.23 bits per heavy atom. The first-order chi connectivity index (χ1) is 12.4. The largest absolute Gasteiger partial charge is 0.494 e. The van der Waals surface area contributed by atoms with Crippen LogP contribution in [0.3, 0.4) is 0 Å². The van der Waals surface area contributed by atoms with Gasteiger partial charge in [-0.15, -0.1) is 0 Å². The summed E-state index contributed by atoms with van der Waals surface area (Å²) in [5.41, 5.74) is 4.88. The lowest BCUT2D eigenvalue weighted by Crippen LogP contribution is -2.43. The van der Waals surface area contributed by atoms with Crippen LogP contribution in [0.4, 0.5) is 0 Å². The van der Waals surface area contributed by atoms with Crippen molar-refractivity contribution in [1.82, 2.24) is 10.9 Å². The van der Waals surface area contributed by atoms with Gasteiger partial charge in [-0.3, -0.25) is 20.4 Å². The molecule has 0 fully saturated rings. The van der Waals surface area contributed by atoms with Gasteiger partial charge in [0, 0.05) is 11.6 Å². The maximum Gasteiger partial charge on any atom is 0.276 e. The van der Waals surface area contributed by atoms with Crippen molar-refractivity contribution in [3.63, 3.8) is 0 Å². The van der Waals surface area contributed by atoms with Crippen LogP contribution >= 0.6 is 34.8 Å². The van der Waals surface area contributed by atoms with Gasteiger partial charge in [0.15, 0.2) is 6.61 Å². The number of hydrogen-bond acceptors (Lipinski definition) is 4. The second-order valence-electron chi connectivity index (χ2n) is 4.95. The van der Waals surface area contributed by atoms with E-state index in [0.717, 1.165) is 0 Å². The molecular formula is C17H15Cl3N2O4. The second kappa shape index (κ2) is 9.52. The molecule has 2 aromatic carbocycles. The number of hydrogen-bond donors (Lipinski definition) is 2. The van der Waals surface area contributed by atoms with Crippen LogP contribution in [0.25, 0.3) is 0 Å². The standard InChI is InChI=1S/C17H15Cl3N2O4/c1-2-25-11-5-3-10(4-6-11)17(24)22-21-16(23)9-26-15-8-13(19)12(18)7-14(15)20/h3-8H,2,9H2,1H3,(H,21,23)(H,22,24). The van der Waals surface area contributed by atoms with Gasteiger partial charge >= 0.3 is 0 Å². The molecule has 0 saturated heterocycles. The fourth-order valence-electron chi connectivity index (χ4n) is 1.86. The number of hydrazine groups is 1. The molecule has 2 aromatic rings. The highest BCUT2D eigenvalue weighted by atomic mass is 35.5. The van der Waals surface area contributed by atoms with Crippen LogP contribution < -0.4 is 20.3 Å². The zero-order chi connectivity index (χ0) is 19.1. The van der Waals surface area contributed by atoms with E-state index in [1.807, 2.05) is 6.92 Å². The van der Waals surface area contributed by atoms with Crippen molar-refractivity contribution in [3.8, 4) is 11.5 Å². The van der Waals surface area contributed by atoms with Gasteiger partial charge in [-0.25, -0.2) is 0 Å². The lowest BCUT2D eigenvalue weighted by atomic mass is 10.2. The summed E-state index contributed by atoms with van der Waals surface area (Å²) >= 11 is 17.6. The minimum atomic E-state index is -0.577. The molecule has 9 heteroatoms. The number of rotatable bonds is 6. The Morgan fingerprint density at radius 1 is 0.923 bits per heavy atom. The summed E-state index contributed by atoms with van der Waals surface area (Å²) in [5.74, 6) is -0.200. The quantitative estimate of drug-likeness (QED) is 0.552. The van der Waals surface area contributed by atoms with Crippen LogP contribution in [0.5, 0.6) is 11.5 Å². The van der Waals surface area contributed by atoms with Crippen molar-refractivity contribution in [2.24, 2.45) is 0 Å². The third-order valence-electron chi connectivity index (χ3n) is 3.08. The number of ether oxygens (including phenoxy) is 2. The van der Waals surface area contributed by atoms with Gasteiger partial charge in [0.05, 0.1) is 21.7 Å². The SMILES string of the molecule is CCOc1ccc(C(=O)NNC(=O)COc2cc(Cl)c(Cl)cc2Cl)cc1. The van der Waals surface area contributed by atoms with Crippen molar-refractivity contribution in [1.29, 1.82) is 0 Å². The molecule has 138 valence electrons. The number of carbonyl (C=O) groups excluding carboxylic acids is 2. The number of nitrogens with one attached hydrogen (secondary N) is 2. The number of amides is 2. The van der Waals surface area contributed by atoms with Crippen LogP contribution in [-0.2, 0) is 4.79 Å². The second-order valence-corrected chi connectivity index (χ2v) is 6.17. The van der Waals surface area contributed by atoms with Crippen LogP contribution in [0.15, 0.2) is 36.4 Å². The van der Waals surface area contributed by atoms with E-state index in [9.17, 15) is 9.59 Å². The zero-order valence-electron chi connectivity index (χ0n) is 13.6. The molecule has 0 saturated carbocycles. The summed E-state index contributed by atoms with van der Waals surface area (Å²) in [5, 5.41) is 0.733. The van der Waals surface area contributed by atoms with E-state index in [0.29, 0.717) is 17.9 Å². The highest BCUT2D eigenvalue weighted by Crippen LogP contribution is 2.33. The highest BCUT2D eigenvalue weighted by molar-refractivity contribution is 6.43. The first kappa shape index (κ1) is 20.2. The molecule has 2 N–H and O–H groups in total. The van der Waals surface area contributed by atoms with Gasteiger partial charge in [0.2, 0.25) is 0 Å². The van der Waals surface area contributed by atoms with Crippen LogP contribution in [0, 0.1) is 0 Å². The predicted octanol–water partition coefficient (Wildman–Crippen LogP) is 3.89. The zero-order valence-corrected chi connectivity index (χ0v) is 15.9. The summed E-state index contributed by atoms with van der Waals surface area (Å²) in [6.45, 7) is 2.02. The van der Waals surface area contributed by atoms with Crippen LogP contribution in [0.1, 0.15) is 17.3 Å². The molecule has 0 bridgehead atoms. The number of carbonyl (C=O) groups is 2. The van der Waals surface area contributed by atoms with Crippen LogP contribution in [-0.4, -0.2) is 25.0 Å². The van der Waals surface area contributed by atoms with Crippen molar-refractivity contribution >= 4 is 46.6 Å². The van der Waals surface area contributed by atoms with Crippen molar-refractivity contribution in [3.05, 3.63) is 57.0 Å². The summed E-state index contributed by atoms with van der Waals surface area (Å²) < 4.78 is 10.6. The first-order valence-corrected chi connectivity index (χ1v) is 8.63. The van der Waals surface area contributed by atoms with Gasteiger partial charge in [-0.1, -0.05) is 34.8 Å². The highest BCUT2D eigenvalue weighted by Gasteiger charge is 2.11. The van der Waals surface area contributed by atoms with E-state index in [2.05, 4.69) is 10.9 Å². The monoisotopic (exact) mass is 416 g/mol. The molecule has 6 nitrogen and oxygen atoms in total. The lowest BCUT2D eigenvalue weighted by Gasteiger charge is -2.11. The molecule has 0 spiro atoms. The molecule has 0 aliphatic carbocycles. The van der Waals surface area contributed by atoms with E-state index in [4.69, 9.17) is 44.3 Å². The van der Waals surface area contributed by atoms with E-state index >= 15 is 0 Å². The van der Waals surface area contributed by atoms with Crippen LogP contribution in [0.2, 0.25) is 15.1 Å². The predicted molar refractivity (Wildman–Crippen MR) is 100 cm³/mol. The Kier molecular flexibility index (Phi) is 7.38. The fourth-order valence-corrected chi connectivity index (χ4v) is 2.45. The average molecular weight is 418 g/mol. The average Bonchev–Trinajstić information content (AvgIpc) is 2.62. The van der Waals surface area contributed by atoms with Crippen molar-refractivity contribution in [2.75, 3.05) is 13.2 Å². The Bertz CT molecular complexity index is 797. The Morgan fingerprint density at radius 2 is 1.58 bits per heavy atom. The number of halogens is 3. The molecule has 0 atom stereocenters. The molecule has 0 unspecified atom stereocenters. The molecule has 2 rings (SSSR count). The summed E-state index contributed by atoms with van der Waals surface area (Å²) in [6.07, 6.45) is 0. The molecule has 0 radical (unpaired) electrons. The molecule has 0 aromatic heterocycles. The molecule has 26 heavy (non-hydrogen) atoms. The molecule has 2 amide bonds. The Hall–Kier alpha value is -2.15. The van der Waals surface area contributed by atoms with E-state index < -0.39 is 11.8 Å². The fraction of sp³-hybridized carbons (Fsp3) is 0.176. The van der Waals surface area contributed by atoms with E-state index in [1.165, 1.54) is 12.1 Å². The third kappa shape index (κ3) is 5.69. The summed E-state index contributed by atoms with van der Waals surface area (Å²) in [7, 11) is 0. The Balaban J connectivity index is 1.83. The molecular weight excluding hydrogens is 403 g/mol. The molecule has 0 aliphatic heterocycles. The van der Waals surface area contributed by atoms with Gasteiger partial charge in [0.25, 0.3) is 11.8 Å². The smallest absolute Gasteiger partial charge is 0.276 e. The first-order valence-electron chi connectivity index (χ1n) is 7.50. The minimum absolute atomic E-state index is 0.203. The molecule has 0 heterocycles. The normalized spacial score (nSPS) is 10.2. The third-order valence-corrected chi connectivity index (χ3v) is 4.09. The van der Waals surface area contributed by atoms with Gasteiger partial charge in [0.1, 0.15) is 11.5 Å². The van der Waals surface area contributed by atoms with Gasteiger partial charge in [-0.05, 0) is 37.3 Å². The summed E-state index contributed by atoms with van der Waals surface area (Å²) in [4.78, 5) is 23.7. The Labute approximate surface area is 165 Å². The summed E-state index contributed by atoms with van der Waals surface area (Å²) in [6, 6.07) is 9.30. The maximum atomic E-state index is 12.0. The minimum Gasteiger partial charge on any atom is -0.494 e. The van der Waals surface area contributed by atoms with Gasteiger partial charge in [-0.2, -0.15) is 0 Å².